The van der Waals surface area contributed by atoms with E-state index >= 15 is 0 Å². The monoisotopic (exact) mass is 356 g/mol. The van der Waals surface area contributed by atoms with Gasteiger partial charge in [0.1, 0.15) is 0 Å². The average molecular weight is 357 g/mol. The van der Waals surface area contributed by atoms with E-state index in [9.17, 15) is 0 Å². The van der Waals surface area contributed by atoms with E-state index in [1.54, 1.807) is 5.56 Å². The molecule has 2 N–H and O–H groups in total. The Hall–Kier alpha value is -2.32. The Bertz CT molecular complexity index is 982. The second-order valence-electron chi connectivity index (χ2n) is 8.40. The highest BCUT2D eigenvalue weighted by Gasteiger charge is 2.38. The highest BCUT2D eigenvalue weighted by atomic mass is 14.9. The normalized spacial score (nSPS) is 28.0. The average Bonchev–Trinajstić information content (AvgIpc) is 3.12. The van der Waals surface area contributed by atoms with E-state index in [-0.39, 0.29) is 0 Å². The Morgan fingerprint density at radius 2 is 1.70 bits per heavy atom. The molecule has 0 amide bonds. The SMILES string of the molecule is CC1CC(C2CC(c3ccccc3)=CCN2)C(C)c2c1[nH]c1ccccc21. The molecular weight excluding hydrogens is 328 g/mol. The highest BCUT2D eigenvalue weighted by Crippen LogP contribution is 2.47. The lowest BCUT2D eigenvalue weighted by Gasteiger charge is -2.40. The predicted molar refractivity (Wildman–Crippen MR) is 114 cm³/mol. The molecule has 0 spiro atoms. The number of nitrogens with one attached hydrogen (secondary N) is 2. The predicted octanol–water partition coefficient (Wildman–Crippen LogP) is 5.84. The summed E-state index contributed by atoms with van der Waals surface area (Å²) >= 11 is 0. The molecule has 27 heavy (non-hydrogen) atoms. The van der Waals surface area contributed by atoms with Gasteiger partial charge in [0.05, 0.1) is 0 Å². The fourth-order valence-corrected chi connectivity index (χ4v) is 5.44. The lowest BCUT2D eigenvalue weighted by atomic mass is 9.69. The minimum atomic E-state index is 0.546. The smallest absolute Gasteiger partial charge is 0.0459 e. The van der Waals surface area contributed by atoms with Crippen molar-refractivity contribution in [1.29, 1.82) is 0 Å². The summed E-state index contributed by atoms with van der Waals surface area (Å²) < 4.78 is 0. The molecule has 2 nitrogen and oxygen atoms in total. The van der Waals surface area contributed by atoms with E-state index in [0.29, 0.717) is 23.8 Å². The summed E-state index contributed by atoms with van der Waals surface area (Å²) in [5.74, 6) is 1.82. The minimum Gasteiger partial charge on any atom is -0.358 e. The molecule has 1 aromatic heterocycles. The summed E-state index contributed by atoms with van der Waals surface area (Å²) in [6.45, 7) is 5.81. The van der Waals surface area contributed by atoms with Crippen molar-refractivity contribution < 1.29 is 0 Å². The van der Waals surface area contributed by atoms with Crippen LogP contribution in [0.4, 0.5) is 0 Å². The van der Waals surface area contributed by atoms with Gasteiger partial charge in [-0.05, 0) is 53.4 Å². The van der Waals surface area contributed by atoms with Gasteiger partial charge in [0.25, 0.3) is 0 Å². The number of aromatic nitrogens is 1. The molecule has 3 aromatic rings. The molecule has 0 fully saturated rings. The zero-order valence-corrected chi connectivity index (χ0v) is 16.2. The summed E-state index contributed by atoms with van der Waals surface area (Å²) in [5, 5.41) is 5.25. The largest absolute Gasteiger partial charge is 0.358 e. The molecule has 138 valence electrons. The van der Waals surface area contributed by atoms with E-state index < -0.39 is 0 Å². The number of para-hydroxylation sites is 1. The van der Waals surface area contributed by atoms with E-state index in [0.717, 1.165) is 13.0 Å². The Kier molecular flexibility index (Phi) is 4.17. The zero-order valence-electron chi connectivity index (χ0n) is 16.2. The van der Waals surface area contributed by atoms with E-state index in [1.165, 1.54) is 34.2 Å². The van der Waals surface area contributed by atoms with E-state index in [2.05, 4.69) is 84.8 Å². The standard InChI is InChI=1S/C25H28N2/c1-16-14-21(17(2)24-20-10-6-7-11-22(20)27-25(16)24)23-15-19(12-13-26-23)18-8-4-3-5-9-18/h3-12,16-17,21,23,26-27H,13-15H2,1-2H3. The first-order chi connectivity index (χ1) is 13.2. The van der Waals surface area contributed by atoms with Gasteiger partial charge in [-0.2, -0.15) is 0 Å². The van der Waals surface area contributed by atoms with Crippen LogP contribution in [0.2, 0.25) is 0 Å². The maximum Gasteiger partial charge on any atom is 0.0459 e. The topological polar surface area (TPSA) is 27.8 Å². The second kappa shape index (κ2) is 6.69. The Labute approximate surface area is 161 Å². The van der Waals surface area contributed by atoms with Crippen molar-refractivity contribution in [2.24, 2.45) is 5.92 Å². The summed E-state index contributed by atoms with van der Waals surface area (Å²) in [6, 6.07) is 20.3. The first-order valence-corrected chi connectivity index (χ1v) is 10.3. The zero-order chi connectivity index (χ0) is 18.4. The summed E-state index contributed by atoms with van der Waals surface area (Å²) in [7, 11) is 0. The number of hydrogen-bond acceptors (Lipinski definition) is 1. The maximum atomic E-state index is 3.82. The number of rotatable bonds is 2. The first kappa shape index (κ1) is 16.8. The molecule has 2 aliphatic rings. The summed E-state index contributed by atoms with van der Waals surface area (Å²) in [6.07, 6.45) is 4.75. The fraction of sp³-hybridized carbons (Fsp3) is 0.360. The third kappa shape index (κ3) is 2.83. The summed E-state index contributed by atoms with van der Waals surface area (Å²) in [4.78, 5) is 3.72. The van der Waals surface area contributed by atoms with Crippen LogP contribution in [0.1, 0.15) is 55.3 Å². The maximum absolute atomic E-state index is 3.82. The Balaban J connectivity index is 1.47. The fourth-order valence-electron chi connectivity index (χ4n) is 5.44. The second-order valence-corrected chi connectivity index (χ2v) is 8.40. The lowest BCUT2D eigenvalue weighted by molar-refractivity contribution is 0.268. The van der Waals surface area contributed by atoms with Gasteiger partial charge in [-0.25, -0.2) is 0 Å². The van der Waals surface area contributed by atoms with Gasteiger partial charge < -0.3 is 10.3 Å². The van der Waals surface area contributed by atoms with Crippen LogP contribution >= 0.6 is 0 Å². The quantitative estimate of drug-likeness (QED) is 0.593. The number of H-pyrrole nitrogens is 1. The van der Waals surface area contributed by atoms with Gasteiger partial charge in [-0.15, -0.1) is 0 Å². The molecule has 4 unspecified atom stereocenters. The molecule has 0 radical (unpaired) electrons. The van der Waals surface area contributed by atoms with Gasteiger partial charge in [-0.3, -0.25) is 0 Å². The Morgan fingerprint density at radius 3 is 2.56 bits per heavy atom. The molecule has 2 heterocycles. The van der Waals surface area contributed by atoms with Gasteiger partial charge in [-0.1, -0.05) is 68.5 Å². The van der Waals surface area contributed by atoms with Gasteiger partial charge in [0, 0.05) is 29.2 Å². The van der Waals surface area contributed by atoms with Crippen molar-refractivity contribution in [1.82, 2.24) is 10.3 Å². The van der Waals surface area contributed by atoms with Crippen molar-refractivity contribution in [2.45, 2.75) is 44.6 Å². The summed E-state index contributed by atoms with van der Waals surface area (Å²) in [5.41, 5.74) is 7.21. The van der Waals surface area contributed by atoms with Gasteiger partial charge in [0.2, 0.25) is 0 Å². The van der Waals surface area contributed by atoms with Crippen molar-refractivity contribution in [2.75, 3.05) is 6.54 Å². The lowest BCUT2D eigenvalue weighted by Crippen LogP contribution is -2.43. The number of aromatic amines is 1. The Morgan fingerprint density at radius 1 is 0.926 bits per heavy atom. The minimum absolute atomic E-state index is 0.546. The molecule has 2 aromatic carbocycles. The first-order valence-electron chi connectivity index (χ1n) is 10.3. The van der Waals surface area contributed by atoms with Crippen LogP contribution in [0.15, 0.2) is 60.7 Å². The molecule has 1 aliphatic carbocycles. The molecule has 0 saturated heterocycles. The van der Waals surface area contributed by atoms with Crippen LogP contribution in [0.25, 0.3) is 16.5 Å². The van der Waals surface area contributed by atoms with Crippen molar-refractivity contribution in [3.05, 3.63) is 77.5 Å². The van der Waals surface area contributed by atoms with Crippen LogP contribution in [-0.2, 0) is 0 Å². The van der Waals surface area contributed by atoms with Crippen LogP contribution in [0, 0.1) is 5.92 Å². The van der Waals surface area contributed by atoms with Crippen LogP contribution in [0.3, 0.4) is 0 Å². The number of benzene rings is 2. The van der Waals surface area contributed by atoms with Crippen molar-refractivity contribution in [3.63, 3.8) is 0 Å². The van der Waals surface area contributed by atoms with Crippen molar-refractivity contribution in [3.8, 4) is 0 Å². The molecular formula is C25H28N2. The molecule has 0 bridgehead atoms. The van der Waals surface area contributed by atoms with Gasteiger partial charge in [0.15, 0.2) is 0 Å². The van der Waals surface area contributed by atoms with E-state index in [4.69, 9.17) is 0 Å². The number of fused-ring (bicyclic) bond motifs is 3. The third-order valence-corrected chi connectivity index (χ3v) is 6.82. The number of hydrogen-bond donors (Lipinski definition) is 2. The van der Waals surface area contributed by atoms with Crippen molar-refractivity contribution >= 4 is 16.5 Å². The molecule has 4 atom stereocenters. The molecule has 1 aliphatic heterocycles. The molecule has 0 saturated carbocycles. The third-order valence-electron chi connectivity index (χ3n) is 6.82. The molecule has 2 heteroatoms. The van der Waals surface area contributed by atoms with E-state index in [1.807, 2.05) is 0 Å². The highest BCUT2D eigenvalue weighted by molar-refractivity contribution is 5.85. The molecule has 5 rings (SSSR count). The van der Waals surface area contributed by atoms with Crippen LogP contribution < -0.4 is 5.32 Å². The van der Waals surface area contributed by atoms with Crippen LogP contribution in [0.5, 0.6) is 0 Å². The van der Waals surface area contributed by atoms with Gasteiger partial charge >= 0.3 is 0 Å². The van der Waals surface area contributed by atoms with Crippen LogP contribution in [-0.4, -0.2) is 17.6 Å².